The Morgan fingerprint density at radius 3 is 2.82 bits per heavy atom. The van der Waals surface area contributed by atoms with Crippen LogP contribution in [0.3, 0.4) is 0 Å². The van der Waals surface area contributed by atoms with Crippen molar-refractivity contribution in [2.75, 3.05) is 18.2 Å². The van der Waals surface area contributed by atoms with Crippen LogP contribution < -0.4 is 5.73 Å². The third-order valence-electron chi connectivity index (χ3n) is 3.84. The summed E-state index contributed by atoms with van der Waals surface area (Å²) in [4.78, 5) is 14.0. The van der Waals surface area contributed by atoms with Crippen molar-refractivity contribution in [3.63, 3.8) is 0 Å². The Hall–Kier alpha value is -0.260. The van der Waals surface area contributed by atoms with Gasteiger partial charge in [-0.3, -0.25) is 4.79 Å². The SMILES string of the molecule is N[C@H](C(=O)N1CCSC1)[C@@H]1CCCCC[C@H]1O. The van der Waals surface area contributed by atoms with Crippen LogP contribution in [0, 0.1) is 5.92 Å². The minimum Gasteiger partial charge on any atom is -0.393 e. The van der Waals surface area contributed by atoms with E-state index in [1.807, 2.05) is 4.90 Å². The molecule has 2 rings (SSSR count). The number of carbonyl (C=O) groups is 1. The summed E-state index contributed by atoms with van der Waals surface area (Å²) in [6.45, 7) is 0.806. The van der Waals surface area contributed by atoms with Gasteiger partial charge in [-0.05, 0) is 12.8 Å². The van der Waals surface area contributed by atoms with Gasteiger partial charge < -0.3 is 15.7 Å². The molecule has 0 aromatic rings. The van der Waals surface area contributed by atoms with Gasteiger partial charge in [0.25, 0.3) is 0 Å². The lowest BCUT2D eigenvalue weighted by Crippen LogP contribution is -2.49. The maximum absolute atomic E-state index is 12.2. The molecule has 1 heterocycles. The van der Waals surface area contributed by atoms with Gasteiger partial charge in [-0.25, -0.2) is 0 Å². The molecule has 0 aromatic heterocycles. The third-order valence-corrected chi connectivity index (χ3v) is 4.81. The fourth-order valence-electron chi connectivity index (χ4n) is 2.72. The molecule has 0 unspecified atom stereocenters. The van der Waals surface area contributed by atoms with Gasteiger partial charge in [0.2, 0.25) is 5.91 Å². The largest absolute Gasteiger partial charge is 0.393 e. The first-order valence-electron chi connectivity index (χ1n) is 6.50. The number of hydrogen-bond acceptors (Lipinski definition) is 4. The topological polar surface area (TPSA) is 66.6 Å². The van der Waals surface area contributed by atoms with Gasteiger partial charge in [0.1, 0.15) is 0 Å². The van der Waals surface area contributed by atoms with E-state index in [4.69, 9.17) is 5.73 Å². The molecule has 0 bridgehead atoms. The van der Waals surface area contributed by atoms with Crippen LogP contribution in [0.1, 0.15) is 32.1 Å². The van der Waals surface area contributed by atoms with Crippen molar-refractivity contribution < 1.29 is 9.90 Å². The molecule has 0 aromatic carbocycles. The fraction of sp³-hybridized carbons (Fsp3) is 0.917. The smallest absolute Gasteiger partial charge is 0.240 e. The second-order valence-electron chi connectivity index (χ2n) is 5.03. The summed E-state index contributed by atoms with van der Waals surface area (Å²) in [5.41, 5.74) is 6.07. The maximum atomic E-state index is 12.2. The standard InChI is InChI=1S/C12H22N2O2S/c13-11(12(16)14-6-7-17-8-14)9-4-2-1-3-5-10(9)15/h9-11,15H,1-8,13H2/t9-,10-,11+/m1/s1. The molecule has 0 spiro atoms. The van der Waals surface area contributed by atoms with Crippen molar-refractivity contribution in [2.24, 2.45) is 11.7 Å². The highest BCUT2D eigenvalue weighted by molar-refractivity contribution is 7.99. The third kappa shape index (κ3) is 3.14. The van der Waals surface area contributed by atoms with E-state index in [0.717, 1.165) is 50.3 Å². The van der Waals surface area contributed by atoms with E-state index in [-0.39, 0.29) is 11.8 Å². The summed E-state index contributed by atoms with van der Waals surface area (Å²) < 4.78 is 0. The molecule has 3 N–H and O–H groups in total. The van der Waals surface area contributed by atoms with E-state index in [0.29, 0.717) is 0 Å². The molecule has 98 valence electrons. The molecule has 5 heteroatoms. The molecule has 1 aliphatic heterocycles. The number of aliphatic hydroxyl groups excluding tert-OH is 1. The Kier molecular flexibility index (Phi) is 4.70. The molecule has 0 radical (unpaired) electrons. The highest BCUT2D eigenvalue weighted by Gasteiger charge is 2.34. The first kappa shape index (κ1) is 13.2. The van der Waals surface area contributed by atoms with Gasteiger partial charge in [-0.1, -0.05) is 19.3 Å². The zero-order chi connectivity index (χ0) is 12.3. The van der Waals surface area contributed by atoms with Crippen LogP contribution in [0.5, 0.6) is 0 Å². The highest BCUT2D eigenvalue weighted by atomic mass is 32.2. The molecule has 1 saturated carbocycles. The van der Waals surface area contributed by atoms with Crippen LogP contribution in [0.25, 0.3) is 0 Å². The number of thioether (sulfide) groups is 1. The normalized spacial score (nSPS) is 32.2. The molecule has 2 aliphatic rings. The number of rotatable bonds is 2. The Morgan fingerprint density at radius 2 is 2.12 bits per heavy atom. The number of nitrogens with zero attached hydrogens (tertiary/aromatic N) is 1. The van der Waals surface area contributed by atoms with E-state index in [1.165, 1.54) is 0 Å². The average molecular weight is 258 g/mol. The molecule has 1 amide bonds. The predicted molar refractivity (Wildman–Crippen MR) is 69.6 cm³/mol. The van der Waals surface area contributed by atoms with Crippen molar-refractivity contribution in [3.8, 4) is 0 Å². The quantitative estimate of drug-likeness (QED) is 0.719. The summed E-state index contributed by atoms with van der Waals surface area (Å²) in [6, 6.07) is -0.512. The van der Waals surface area contributed by atoms with Gasteiger partial charge in [-0.2, -0.15) is 0 Å². The van der Waals surface area contributed by atoms with Crippen molar-refractivity contribution in [1.29, 1.82) is 0 Å². The van der Waals surface area contributed by atoms with Crippen LogP contribution in [0.4, 0.5) is 0 Å². The second kappa shape index (κ2) is 6.07. The number of hydrogen-bond donors (Lipinski definition) is 2. The van der Waals surface area contributed by atoms with E-state index in [1.54, 1.807) is 11.8 Å². The molecule has 1 saturated heterocycles. The lowest BCUT2D eigenvalue weighted by atomic mass is 9.89. The first-order valence-corrected chi connectivity index (χ1v) is 7.66. The summed E-state index contributed by atoms with van der Waals surface area (Å²) >= 11 is 1.77. The zero-order valence-corrected chi connectivity index (χ0v) is 11.0. The van der Waals surface area contributed by atoms with Gasteiger partial charge in [-0.15, -0.1) is 11.8 Å². The van der Waals surface area contributed by atoms with Gasteiger partial charge >= 0.3 is 0 Å². The molecule has 1 aliphatic carbocycles. The lowest BCUT2D eigenvalue weighted by molar-refractivity contribution is -0.133. The number of carbonyl (C=O) groups excluding carboxylic acids is 1. The fourth-order valence-corrected chi connectivity index (χ4v) is 3.67. The summed E-state index contributed by atoms with van der Waals surface area (Å²) in [6.07, 6.45) is 4.56. The van der Waals surface area contributed by atoms with E-state index >= 15 is 0 Å². The van der Waals surface area contributed by atoms with Crippen molar-refractivity contribution >= 4 is 17.7 Å². The van der Waals surface area contributed by atoms with E-state index in [9.17, 15) is 9.90 Å². The monoisotopic (exact) mass is 258 g/mol. The Morgan fingerprint density at radius 1 is 1.35 bits per heavy atom. The molecular formula is C12H22N2O2S. The molecular weight excluding hydrogens is 236 g/mol. The van der Waals surface area contributed by atoms with E-state index in [2.05, 4.69) is 0 Å². The van der Waals surface area contributed by atoms with Gasteiger partial charge in [0.05, 0.1) is 18.0 Å². The minimum atomic E-state index is -0.512. The van der Waals surface area contributed by atoms with Crippen LogP contribution in [0.15, 0.2) is 0 Å². The Labute approximate surface area is 107 Å². The van der Waals surface area contributed by atoms with Crippen LogP contribution in [-0.4, -0.2) is 46.2 Å². The van der Waals surface area contributed by atoms with Crippen molar-refractivity contribution in [3.05, 3.63) is 0 Å². The molecule has 17 heavy (non-hydrogen) atoms. The second-order valence-corrected chi connectivity index (χ2v) is 6.11. The van der Waals surface area contributed by atoms with Crippen molar-refractivity contribution in [2.45, 2.75) is 44.2 Å². The molecule has 4 nitrogen and oxygen atoms in total. The maximum Gasteiger partial charge on any atom is 0.240 e. The van der Waals surface area contributed by atoms with E-state index < -0.39 is 12.1 Å². The summed E-state index contributed by atoms with van der Waals surface area (Å²) in [5, 5.41) is 10.1. The number of amides is 1. The van der Waals surface area contributed by atoms with Crippen LogP contribution in [0.2, 0.25) is 0 Å². The van der Waals surface area contributed by atoms with Gasteiger partial charge in [0.15, 0.2) is 0 Å². The first-order chi connectivity index (χ1) is 8.20. The van der Waals surface area contributed by atoms with Crippen LogP contribution >= 0.6 is 11.8 Å². The predicted octanol–water partition coefficient (Wildman–Crippen LogP) is 0.788. The lowest BCUT2D eigenvalue weighted by Gasteiger charge is -2.28. The summed E-state index contributed by atoms with van der Waals surface area (Å²) in [7, 11) is 0. The van der Waals surface area contributed by atoms with Crippen molar-refractivity contribution in [1.82, 2.24) is 4.90 Å². The Bertz CT molecular complexity index is 269. The average Bonchev–Trinajstić information content (AvgIpc) is 2.77. The van der Waals surface area contributed by atoms with Crippen LogP contribution in [-0.2, 0) is 4.79 Å². The zero-order valence-electron chi connectivity index (χ0n) is 10.2. The number of nitrogens with two attached hydrogens (primary N) is 1. The minimum absolute atomic E-state index is 0.0287. The molecule has 3 atom stereocenters. The number of aliphatic hydroxyl groups is 1. The Balaban J connectivity index is 1.96. The highest BCUT2D eigenvalue weighted by Crippen LogP contribution is 2.27. The summed E-state index contributed by atoms with van der Waals surface area (Å²) in [5.74, 6) is 1.75. The molecule has 2 fully saturated rings. The van der Waals surface area contributed by atoms with Gasteiger partial charge in [0, 0.05) is 18.2 Å².